The van der Waals surface area contributed by atoms with Crippen LogP contribution < -0.4 is 10.5 Å². The highest BCUT2D eigenvalue weighted by molar-refractivity contribution is 5.57. The normalized spacial score (nSPS) is 12.4. The zero-order chi connectivity index (χ0) is 13.8. The van der Waals surface area contributed by atoms with Crippen molar-refractivity contribution >= 4 is 0 Å². The molecule has 1 aromatic heterocycles. The molecular formula is C12H14FN3O3. The third-order valence-corrected chi connectivity index (χ3v) is 2.63. The molecule has 1 unspecified atom stereocenters. The smallest absolute Gasteiger partial charge is 0.257 e. The van der Waals surface area contributed by atoms with Crippen molar-refractivity contribution in [3.05, 3.63) is 29.9 Å². The number of nitrogens with two attached hydrogens (primary N) is 1. The summed E-state index contributed by atoms with van der Waals surface area (Å²) in [7, 11) is 2.89. The molecule has 6 nitrogen and oxygen atoms in total. The van der Waals surface area contributed by atoms with Gasteiger partial charge in [-0.2, -0.15) is 4.98 Å². The molecule has 19 heavy (non-hydrogen) atoms. The Hall–Kier alpha value is -1.99. The third kappa shape index (κ3) is 2.72. The predicted molar refractivity (Wildman–Crippen MR) is 65.0 cm³/mol. The van der Waals surface area contributed by atoms with Crippen molar-refractivity contribution in [3.63, 3.8) is 0 Å². The van der Waals surface area contributed by atoms with E-state index in [2.05, 4.69) is 10.1 Å². The molecule has 2 N–H and O–H groups in total. The van der Waals surface area contributed by atoms with Gasteiger partial charge in [0.2, 0.25) is 5.82 Å². The van der Waals surface area contributed by atoms with Crippen LogP contribution in [0.4, 0.5) is 4.39 Å². The van der Waals surface area contributed by atoms with Crippen molar-refractivity contribution in [3.8, 4) is 17.1 Å². The number of aromatic nitrogens is 2. The van der Waals surface area contributed by atoms with Gasteiger partial charge in [0.25, 0.3) is 5.89 Å². The molecule has 0 saturated carbocycles. The molecule has 0 saturated heterocycles. The lowest BCUT2D eigenvalue weighted by atomic mass is 10.2. The van der Waals surface area contributed by atoms with E-state index in [0.29, 0.717) is 11.4 Å². The summed E-state index contributed by atoms with van der Waals surface area (Å²) in [5, 5.41) is 3.81. The Balaban J connectivity index is 2.32. The first-order chi connectivity index (χ1) is 9.19. The van der Waals surface area contributed by atoms with E-state index in [4.69, 9.17) is 19.7 Å². The second kappa shape index (κ2) is 5.77. The zero-order valence-electron chi connectivity index (χ0n) is 10.6. The number of methoxy groups -OCH3 is 2. The molecule has 0 spiro atoms. The highest BCUT2D eigenvalue weighted by Gasteiger charge is 2.18. The zero-order valence-corrected chi connectivity index (χ0v) is 10.6. The lowest BCUT2D eigenvalue weighted by molar-refractivity contribution is 0.0804. The topological polar surface area (TPSA) is 83.4 Å². The Bertz CT molecular complexity index is 555. The van der Waals surface area contributed by atoms with Crippen LogP contribution in [0.15, 0.2) is 22.7 Å². The highest BCUT2D eigenvalue weighted by atomic mass is 19.1. The van der Waals surface area contributed by atoms with Crippen molar-refractivity contribution in [2.75, 3.05) is 20.8 Å². The van der Waals surface area contributed by atoms with Gasteiger partial charge in [0.05, 0.1) is 7.11 Å². The van der Waals surface area contributed by atoms with Crippen LogP contribution in [0.3, 0.4) is 0 Å². The lowest BCUT2D eigenvalue weighted by Crippen LogP contribution is -2.14. The highest BCUT2D eigenvalue weighted by Crippen LogP contribution is 2.25. The van der Waals surface area contributed by atoms with Crippen LogP contribution in [0.2, 0.25) is 0 Å². The van der Waals surface area contributed by atoms with Crippen molar-refractivity contribution in [1.29, 1.82) is 0 Å². The van der Waals surface area contributed by atoms with E-state index in [1.165, 1.54) is 32.4 Å². The average Bonchev–Trinajstić information content (AvgIpc) is 2.90. The average molecular weight is 267 g/mol. The number of benzene rings is 1. The summed E-state index contributed by atoms with van der Waals surface area (Å²) in [4.78, 5) is 4.17. The van der Waals surface area contributed by atoms with E-state index in [1.54, 1.807) is 0 Å². The quantitative estimate of drug-likeness (QED) is 0.884. The fourth-order valence-electron chi connectivity index (χ4n) is 1.58. The maximum Gasteiger partial charge on any atom is 0.257 e. The van der Waals surface area contributed by atoms with Gasteiger partial charge in [0.15, 0.2) is 11.6 Å². The standard InChI is InChI=1S/C12H14FN3O3/c1-17-9-5-7(3-4-8(9)13)11-15-12(19-16-11)10(6-14)18-2/h3-5,10H,6,14H2,1-2H3. The fraction of sp³-hybridized carbons (Fsp3) is 0.333. The second-order valence-electron chi connectivity index (χ2n) is 3.77. The van der Waals surface area contributed by atoms with Crippen LogP contribution in [0.1, 0.15) is 12.0 Å². The number of nitrogens with zero attached hydrogens (tertiary/aromatic N) is 2. The minimum absolute atomic E-state index is 0.117. The summed E-state index contributed by atoms with van der Waals surface area (Å²) >= 11 is 0. The molecule has 0 aliphatic carbocycles. The van der Waals surface area contributed by atoms with E-state index in [9.17, 15) is 4.39 Å². The summed E-state index contributed by atoms with van der Waals surface area (Å²) in [6.07, 6.45) is -0.455. The van der Waals surface area contributed by atoms with Crippen LogP contribution in [0, 0.1) is 5.82 Å². The molecule has 2 aromatic rings. The van der Waals surface area contributed by atoms with E-state index in [1.807, 2.05) is 0 Å². The number of halogens is 1. The number of ether oxygens (including phenoxy) is 2. The monoisotopic (exact) mass is 267 g/mol. The van der Waals surface area contributed by atoms with E-state index < -0.39 is 11.9 Å². The van der Waals surface area contributed by atoms with Gasteiger partial charge in [-0.1, -0.05) is 5.16 Å². The molecule has 102 valence electrons. The fourth-order valence-corrected chi connectivity index (χ4v) is 1.58. The Morgan fingerprint density at radius 3 is 2.84 bits per heavy atom. The molecule has 1 atom stereocenters. The SMILES string of the molecule is COc1cc(-c2noc(C(CN)OC)n2)ccc1F. The van der Waals surface area contributed by atoms with E-state index >= 15 is 0 Å². The molecule has 1 aromatic carbocycles. The van der Waals surface area contributed by atoms with Gasteiger partial charge in [0, 0.05) is 19.2 Å². The van der Waals surface area contributed by atoms with Crippen molar-refractivity contribution in [2.45, 2.75) is 6.10 Å². The minimum Gasteiger partial charge on any atom is -0.494 e. The molecule has 7 heteroatoms. The van der Waals surface area contributed by atoms with Crippen LogP contribution >= 0.6 is 0 Å². The number of rotatable bonds is 5. The van der Waals surface area contributed by atoms with Gasteiger partial charge < -0.3 is 19.7 Å². The third-order valence-electron chi connectivity index (χ3n) is 2.63. The van der Waals surface area contributed by atoms with Gasteiger partial charge in [-0.15, -0.1) is 0 Å². The maximum absolute atomic E-state index is 13.3. The predicted octanol–water partition coefficient (Wildman–Crippen LogP) is 1.53. The van der Waals surface area contributed by atoms with Gasteiger partial charge in [-0.3, -0.25) is 0 Å². The van der Waals surface area contributed by atoms with E-state index in [0.717, 1.165) is 0 Å². The summed E-state index contributed by atoms with van der Waals surface area (Å²) in [5.41, 5.74) is 6.09. The lowest BCUT2D eigenvalue weighted by Gasteiger charge is -2.05. The first-order valence-electron chi connectivity index (χ1n) is 5.60. The molecular weight excluding hydrogens is 253 g/mol. The van der Waals surface area contributed by atoms with E-state index in [-0.39, 0.29) is 18.2 Å². The van der Waals surface area contributed by atoms with Gasteiger partial charge >= 0.3 is 0 Å². The number of hydrogen-bond acceptors (Lipinski definition) is 6. The Kier molecular flexibility index (Phi) is 4.08. The summed E-state index contributed by atoms with van der Waals surface area (Å²) < 4.78 is 28.4. The van der Waals surface area contributed by atoms with Crippen molar-refractivity contribution in [2.24, 2.45) is 5.73 Å². The molecule has 0 aliphatic rings. The molecule has 0 fully saturated rings. The summed E-state index contributed by atoms with van der Waals surface area (Å²) in [6.45, 7) is 0.227. The molecule has 0 aliphatic heterocycles. The Labute approximate surface area is 109 Å². The van der Waals surface area contributed by atoms with Crippen LogP contribution in [0.25, 0.3) is 11.4 Å². The van der Waals surface area contributed by atoms with Crippen molar-refractivity contribution in [1.82, 2.24) is 10.1 Å². The number of hydrogen-bond donors (Lipinski definition) is 1. The Morgan fingerprint density at radius 2 is 2.21 bits per heavy atom. The Morgan fingerprint density at radius 1 is 1.42 bits per heavy atom. The first kappa shape index (κ1) is 13.4. The van der Waals surface area contributed by atoms with Gasteiger partial charge in [-0.05, 0) is 18.2 Å². The maximum atomic E-state index is 13.3. The van der Waals surface area contributed by atoms with Gasteiger partial charge in [-0.25, -0.2) is 4.39 Å². The van der Waals surface area contributed by atoms with Crippen LogP contribution in [0.5, 0.6) is 5.75 Å². The minimum atomic E-state index is -0.455. The molecule has 2 rings (SSSR count). The summed E-state index contributed by atoms with van der Waals surface area (Å²) in [5.74, 6) is 0.268. The van der Waals surface area contributed by atoms with Crippen LogP contribution in [-0.2, 0) is 4.74 Å². The largest absolute Gasteiger partial charge is 0.494 e. The molecule has 0 bridgehead atoms. The van der Waals surface area contributed by atoms with Gasteiger partial charge in [0.1, 0.15) is 6.10 Å². The summed E-state index contributed by atoms with van der Waals surface area (Å²) in [6, 6.07) is 4.31. The molecule has 0 radical (unpaired) electrons. The van der Waals surface area contributed by atoms with Crippen LogP contribution in [-0.4, -0.2) is 30.9 Å². The van der Waals surface area contributed by atoms with Crippen molar-refractivity contribution < 1.29 is 18.4 Å². The molecule has 1 heterocycles. The first-order valence-corrected chi connectivity index (χ1v) is 5.60. The second-order valence-corrected chi connectivity index (χ2v) is 3.77. The molecule has 0 amide bonds.